The van der Waals surface area contributed by atoms with E-state index >= 15 is 0 Å². The Morgan fingerprint density at radius 3 is 2.28 bits per heavy atom. The molecule has 124 valence electrons. The average Bonchev–Trinajstić information content (AvgIpc) is 2.69. The lowest BCUT2D eigenvalue weighted by Gasteiger charge is -2.38. The van der Waals surface area contributed by atoms with Crippen LogP contribution in [0.5, 0.6) is 5.75 Å². The maximum absolute atomic E-state index is 13.2. The Morgan fingerprint density at radius 2 is 1.56 bits per heavy atom. The second-order valence-corrected chi connectivity index (χ2v) is 5.88. The maximum atomic E-state index is 13.2. The molecule has 0 aromatic heterocycles. The number of nitrogens with zero attached hydrogens (tertiary/aromatic N) is 1. The highest BCUT2D eigenvalue weighted by Gasteiger charge is 2.33. The summed E-state index contributed by atoms with van der Waals surface area (Å²) in [6.07, 6.45) is -0.282. The highest BCUT2D eigenvalue weighted by molar-refractivity contribution is 6.12. The van der Waals surface area contributed by atoms with Crippen LogP contribution < -0.4 is 15.0 Å². The van der Waals surface area contributed by atoms with E-state index in [2.05, 4.69) is 5.32 Å². The summed E-state index contributed by atoms with van der Waals surface area (Å²) in [6, 6.07) is 25.1. The van der Waals surface area contributed by atoms with Gasteiger partial charge in [0.1, 0.15) is 11.9 Å². The van der Waals surface area contributed by atoms with E-state index in [0.29, 0.717) is 5.56 Å². The number of benzene rings is 3. The predicted molar refractivity (Wildman–Crippen MR) is 99.1 cm³/mol. The summed E-state index contributed by atoms with van der Waals surface area (Å²) in [5.41, 5.74) is 3.37. The van der Waals surface area contributed by atoms with E-state index in [0.717, 1.165) is 22.7 Å². The van der Waals surface area contributed by atoms with Gasteiger partial charge in [-0.3, -0.25) is 9.69 Å². The number of rotatable bonds is 3. The molecule has 4 rings (SSSR count). The number of hydrogen-bond donors (Lipinski definition) is 1. The molecule has 0 aliphatic carbocycles. The van der Waals surface area contributed by atoms with Crippen LogP contribution in [0.3, 0.4) is 0 Å². The number of amides is 1. The van der Waals surface area contributed by atoms with Crippen molar-refractivity contribution >= 4 is 17.3 Å². The van der Waals surface area contributed by atoms with Crippen LogP contribution in [0.1, 0.15) is 22.1 Å². The minimum Gasteiger partial charge on any atom is -0.497 e. The molecule has 0 bridgehead atoms. The SMILES string of the molecule is COc1ccc([C@H]2Nc3ccccc3C(=O)N2c2ccccc2)cc1. The molecule has 0 unspecified atom stereocenters. The van der Waals surface area contributed by atoms with E-state index < -0.39 is 0 Å². The van der Waals surface area contributed by atoms with Crippen LogP contribution in [0, 0.1) is 0 Å². The molecular weight excluding hydrogens is 312 g/mol. The van der Waals surface area contributed by atoms with Gasteiger partial charge in [0.15, 0.2) is 0 Å². The van der Waals surface area contributed by atoms with Gasteiger partial charge in [-0.1, -0.05) is 42.5 Å². The Hall–Kier alpha value is -3.27. The largest absolute Gasteiger partial charge is 0.497 e. The molecule has 0 saturated heterocycles. The molecule has 3 aromatic carbocycles. The summed E-state index contributed by atoms with van der Waals surface area (Å²) in [5.74, 6) is 0.777. The summed E-state index contributed by atoms with van der Waals surface area (Å²) < 4.78 is 5.24. The van der Waals surface area contributed by atoms with Crippen molar-refractivity contribution in [2.75, 3.05) is 17.3 Å². The van der Waals surface area contributed by atoms with Crippen molar-refractivity contribution in [1.29, 1.82) is 0 Å². The van der Waals surface area contributed by atoms with Crippen LogP contribution in [0.15, 0.2) is 78.9 Å². The standard InChI is InChI=1S/C21H18N2O2/c1-25-17-13-11-15(12-14-17)20-22-19-10-6-5-9-18(19)21(24)23(20)16-7-3-2-4-8-16/h2-14,20,22H,1H3/t20-/m0/s1. The van der Waals surface area contributed by atoms with Crippen LogP contribution in [-0.2, 0) is 0 Å². The Kier molecular flexibility index (Phi) is 3.86. The third-order valence-electron chi connectivity index (χ3n) is 4.39. The minimum atomic E-state index is -0.282. The number of carbonyl (C=O) groups excluding carboxylic acids is 1. The number of nitrogens with one attached hydrogen (secondary N) is 1. The molecule has 1 atom stereocenters. The van der Waals surface area contributed by atoms with E-state index in [9.17, 15) is 4.79 Å². The Balaban J connectivity index is 1.82. The molecule has 3 aromatic rings. The van der Waals surface area contributed by atoms with Gasteiger partial charge in [0.05, 0.1) is 12.7 Å². The zero-order valence-corrected chi connectivity index (χ0v) is 13.8. The summed E-state index contributed by atoms with van der Waals surface area (Å²) in [7, 11) is 1.64. The van der Waals surface area contributed by atoms with Gasteiger partial charge < -0.3 is 10.1 Å². The molecule has 1 N–H and O–H groups in total. The number of carbonyl (C=O) groups is 1. The quantitative estimate of drug-likeness (QED) is 0.770. The third-order valence-corrected chi connectivity index (χ3v) is 4.39. The number of hydrogen-bond acceptors (Lipinski definition) is 3. The van der Waals surface area contributed by atoms with Crippen LogP contribution in [0.25, 0.3) is 0 Å². The van der Waals surface area contributed by atoms with Crippen molar-refractivity contribution in [2.45, 2.75) is 6.17 Å². The summed E-state index contributed by atoms with van der Waals surface area (Å²) >= 11 is 0. The zero-order chi connectivity index (χ0) is 17.2. The highest BCUT2D eigenvalue weighted by atomic mass is 16.5. The van der Waals surface area contributed by atoms with Crippen LogP contribution in [0.2, 0.25) is 0 Å². The van der Waals surface area contributed by atoms with E-state index in [1.807, 2.05) is 78.9 Å². The van der Waals surface area contributed by atoms with Gasteiger partial charge in [-0.25, -0.2) is 0 Å². The second-order valence-electron chi connectivity index (χ2n) is 5.88. The lowest BCUT2D eigenvalue weighted by molar-refractivity contribution is 0.0975. The summed E-state index contributed by atoms with van der Waals surface area (Å²) in [4.78, 5) is 15.0. The Bertz CT molecular complexity index is 891. The van der Waals surface area contributed by atoms with Gasteiger partial charge in [0.2, 0.25) is 0 Å². The normalized spacial score (nSPS) is 16.1. The number of para-hydroxylation sites is 2. The second kappa shape index (κ2) is 6.32. The third kappa shape index (κ3) is 2.72. The van der Waals surface area contributed by atoms with Crippen molar-refractivity contribution in [2.24, 2.45) is 0 Å². The van der Waals surface area contributed by atoms with Crippen molar-refractivity contribution in [3.63, 3.8) is 0 Å². The zero-order valence-electron chi connectivity index (χ0n) is 13.8. The smallest absolute Gasteiger partial charge is 0.262 e. The first-order chi connectivity index (χ1) is 12.3. The predicted octanol–water partition coefficient (Wildman–Crippen LogP) is 4.47. The van der Waals surface area contributed by atoms with Crippen LogP contribution in [0.4, 0.5) is 11.4 Å². The van der Waals surface area contributed by atoms with Crippen molar-refractivity contribution in [1.82, 2.24) is 0 Å². The van der Waals surface area contributed by atoms with Gasteiger partial charge in [-0.15, -0.1) is 0 Å². The molecule has 25 heavy (non-hydrogen) atoms. The van der Waals surface area contributed by atoms with Crippen molar-refractivity contribution < 1.29 is 9.53 Å². The summed E-state index contributed by atoms with van der Waals surface area (Å²) in [5, 5.41) is 3.49. The van der Waals surface area contributed by atoms with Crippen LogP contribution in [-0.4, -0.2) is 13.0 Å². The molecule has 1 heterocycles. The first-order valence-electron chi connectivity index (χ1n) is 8.16. The van der Waals surface area contributed by atoms with Gasteiger partial charge >= 0.3 is 0 Å². The fraction of sp³-hybridized carbons (Fsp3) is 0.0952. The molecule has 4 heteroatoms. The molecule has 1 aliphatic heterocycles. The van der Waals surface area contributed by atoms with Gasteiger partial charge in [0, 0.05) is 11.4 Å². The van der Waals surface area contributed by atoms with E-state index in [-0.39, 0.29) is 12.1 Å². The van der Waals surface area contributed by atoms with Gasteiger partial charge in [0.25, 0.3) is 5.91 Å². The van der Waals surface area contributed by atoms with Gasteiger partial charge in [-0.05, 0) is 42.0 Å². The molecule has 4 nitrogen and oxygen atoms in total. The molecular formula is C21H18N2O2. The van der Waals surface area contributed by atoms with Crippen molar-refractivity contribution in [3.05, 3.63) is 90.0 Å². The molecule has 0 fully saturated rings. The Labute approximate surface area is 146 Å². The first-order valence-corrected chi connectivity index (χ1v) is 8.16. The van der Waals surface area contributed by atoms with E-state index in [4.69, 9.17) is 4.74 Å². The van der Waals surface area contributed by atoms with Gasteiger partial charge in [-0.2, -0.15) is 0 Å². The minimum absolute atomic E-state index is 0.0126. The molecule has 1 aliphatic rings. The monoisotopic (exact) mass is 330 g/mol. The molecule has 0 radical (unpaired) electrons. The number of fused-ring (bicyclic) bond motifs is 1. The first kappa shape index (κ1) is 15.3. The fourth-order valence-corrected chi connectivity index (χ4v) is 3.13. The maximum Gasteiger partial charge on any atom is 0.262 e. The average molecular weight is 330 g/mol. The Morgan fingerprint density at radius 1 is 0.880 bits per heavy atom. The van der Waals surface area contributed by atoms with Crippen LogP contribution >= 0.6 is 0 Å². The van der Waals surface area contributed by atoms with E-state index in [1.165, 1.54) is 0 Å². The molecule has 0 spiro atoms. The summed E-state index contributed by atoms with van der Waals surface area (Å²) in [6.45, 7) is 0. The number of anilines is 2. The number of methoxy groups -OCH3 is 1. The molecule has 0 saturated carbocycles. The topological polar surface area (TPSA) is 41.6 Å². The highest BCUT2D eigenvalue weighted by Crippen LogP contribution is 2.36. The lowest BCUT2D eigenvalue weighted by atomic mass is 10.0. The van der Waals surface area contributed by atoms with E-state index in [1.54, 1.807) is 12.0 Å². The lowest BCUT2D eigenvalue weighted by Crippen LogP contribution is -2.43. The number of ether oxygens (including phenoxy) is 1. The fourth-order valence-electron chi connectivity index (χ4n) is 3.13. The van der Waals surface area contributed by atoms with Crippen molar-refractivity contribution in [3.8, 4) is 5.75 Å². The molecule has 1 amide bonds.